The normalized spacial score (nSPS) is 16.4. The Morgan fingerprint density at radius 3 is 2.50 bits per heavy atom. The van der Waals surface area contributed by atoms with Crippen molar-refractivity contribution in [2.45, 2.75) is 37.7 Å². The minimum atomic E-state index is -4.72. The van der Waals surface area contributed by atoms with E-state index in [1.807, 2.05) is 0 Å². The lowest BCUT2D eigenvalue weighted by Gasteiger charge is -2.21. The SMILES string of the molecule is N=C(N)N1CCCC1c1nc(-c2ccc(OCC/C=C/c3ccc(C(F)(F)F)cc3)c(C(F)(F)F)c2)no1. The second-order valence-corrected chi connectivity index (χ2v) is 8.56. The van der Waals surface area contributed by atoms with Gasteiger partial charge in [-0.25, -0.2) is 0 Å². The van der Waals surface area contributed by atoms with Crippen molar-refractivity contribution in [3.05, 3.63) is 71.1 Å². The molecule has 0 bridgehead atoms. The number of alkyl halides is 6. The number of aromatic nitrogens is 2. The molecule has 2 heterocycles. The molecule has 202 valence electrons. The van der Waals surface area contributed by atoms with E-state index in [4.69, 9.17) is 20.4 Å². The molecule has 1 atom stereocenters. The van der Waals surface area contributed by atoms with Gasteiger partial charge in [0, 0.05) is 12.1 Å². The van der Waals surface area contributed by atoms with Crippen LogP contribution in [-0.2, 0) is 12.4 Å². The van der Waals surface area contributed by atoms with Crippen molar-refractivity contribution < 1.29 is 35.6 Å². The molecule has 7 nitrogen and oxygen atoms in total. The summed E-state index contributed by atoms with van der Waals surface area (Å²) < 4.78 is 89.8. The minimum absolute atomic E-state index is 0.0353. The van der Waals surface area contributed by atoms with Crippen molar-refractivity contribution in [3.63, 3.8) is 0 Å². The lowest BCUT2D eigenvalue weighted by atomic mass is 10.1. The topological polar surface area (TPSA) is 101 Å². The Morgan fingerprint density at radius 1 is 1.11 bits per heavy atom. The number of nitrogens with two attached hydrogens (primary N) is 1. The van der Waals surface area contributed by atoms with Crippen LogP contribution in [0.1, 0.15) is 47.9 Å². The summed E-state index contributed by atoms with van der Waals surface area (Å²) >= 11 is 0. The third-order valence-corrected chi connectivity index (χ3v) is 5.92. The van der Waals surface area contributed by atoms with E-state index in [1.165, 1.54) is 24.3 Å². The standard InChI is InChI=1S/C25H23F6N5O2/c26-24(27,28)17-9-6-15(7-10-17)4-1-2-13-37-20-11-8-16(14-18(20)25(29,30)31)21-34-22(38-35-21)19-5-3-12-36(19)23(32)33/h1,4,6-11,14,19H,2-3,5,12-13H2,(H3,32,33)/b4-1+. The first-order valence-corrected chi connectivity index (χ1v) is 11.6. The number of hydrogen-bond donors (Lipinski definition) is 2. The number of nitrogens with one attached hydrogen (secondary N) is 1. The molecule has 13 heteroatoms. The quantitative estimate of drug-likeness (QED) is 0.159. The van der Waals surface area contributed by atoms with Crippen molar-refractivity contribution >= 4 is 12.0 Å². The molecule has 38 heavy (non-hydrogen) atoms. The van der Waals surface area contributed by atoms with Crippen LogP contribution in [0.25, 0.3) is 17.5 Å². The summed E-state index contributed by atoms with van der Waals surface area (Å²) in [7, 11) is 0. The molecule has 3 aromatic rings. The molecular weight excluding hydrogens is 516 g/mol. The zero-order valence-corrected chi connectivity index (χ0v) is 19.8. The highest BCUT2D eigenvalue weighted by atomic mass is 19.4. The molecule has 0 aliphatic carbocycles. The van der Waals surface area contributed by atoms with Crippen molar-refractivity contribution in [1.82, 2.24) is 15.0 Å². The Balaban J connectivity index is 1.42. The first-order chi connectivity index (χ1) is 17.9. The molecule has 0 amide bonds. The zero-order chi connectivity index (χ0) is 27.5. The van der Waals surface area contributed by atoms with Gasteiger partial charge in [-0.15, -0.1) is 0 Å². The second-order valence-electron chi connectivity index (χ2n) is 8.56. The molecule has 0 radical (unpaired) electrons. The Bertz CT molecular complexity index is 1300. The highest BCUT2D eigenvalue weighted by molar-refractivity contribution is 5.75. The van der Waals surface area contributed by atoms with Gasteiger partial charge in [0.2, 0.25) is 11.7 Å². The van der Waals surface area contributed by atoms with Gasteiger partial charge >= 0.3 is 12.4 Å². The monoisotopic (exact) mass is 539 g/mol. The molecule has 0 saturated carbocycles. The van der Waals surface area contributed by atoms with Crippen LogP contribution < -0.4 is 10.5 Å². The highest BCUT2D eigenvalue weighted by Gasteiger charge is 2.36. The summed E-state index contributed by atoms with van der Waals surface area (Å²) in [5, 5.41) is 11.5. The Labute approximate surface area is 213 Å². The van der Waals surface area contributed by atoms with Crippen molar-refractivity contribution in [1.29, 1.82) is 5.41 Å². The summed E-state index contributed by atoms with van der Waals surface area (Å²) in [6.07, 6.45) is -4.39. The predicted octanol–water partition coefficient (Wildman–Crippen LogP) is 6.29. The fourth-order valence-corrected chi connectivity index (χ4v) is 4.06. The Hall–Kier alpha value is -4.03. The Kier molecular flexibility index (Phi) is 7.65. The smallest absolute Gasteiger partial charge is 0.419 e. The van der Waals surface area contributed by atoms with Gasteiger partial charge in [-0.2, -0.15) is 31.3 Å². The fourth-order valence-electron chi connectivity index (χ4n) is 4.06. The molecule has 1 saturated heterocycles. The highest BCUT2D eigenvalue weighted by Crippen LogP contribution is 2.39. The number of hydrogen-bond acceptors (Lipinski definition) is 5. The molecule has 1 unspecified atom stereocenters. The summed E-state index contributed by atoms with van der Waals surface area (Å²) in [5.41, 5.74) is 4.39. The number of ether oxygens (including phenoxy) is 1. The molecule has 1 fully saturated rings. The van der Waals surface area contributed by atoms with E-state index >= 15 is 0 Å². The van der Waals surface area contributed by atoms with Gasteiger partial charge in [0.05, 0.1) is 17.7 Å². The van der Waals surface area contributed by atoms with Crippen LogP contribution in [-0.4, -0.2) is 34.2 Å². The Morgan fingerprint density at radius 2 is 1.84 bits per heavy atom. The van der Waals surface area contributed by atoms with E-state index in [0.29, 0.717) is 18.5 Å². The number of halogens is 6. The first kappa shape index (κ1) is 27.0. The van der Waals surface area contributed by atoms with Crippen LogP contribution in [0.15, 0.2) is 53.1 Å². The third kappa shape index (κ3) is 6.26. The van der Waals surface area contributed by atoms with Crippen LogP contribution in [0, 0.1) is 5.41 Å². The van der Waals surface area contributed by atoms with E-state index in [2.05, 4.69) is 10.1 Å². The fraction of sp³-hybridized carbons (Fsp3) is 0.320. The summed E-state index contributed by atoms with van der Waals surface area (Å²) in [4.78, 5) is 5.82. The maximum absolute atomic E-state index is 13.8. The number of likely N-dealkylation sites (tertiary alicyclic amines) is 1. The number of guanidine groups is 1. The van der Waals surface area contributed by atoms with E-state index < -0.39 is 29.5 Å². The molecule has 4 rings (SSSR count). The van der Waals surface area contributed by atoms with Crippen LogP contribution in [0.5, 0.6) is 5.75 Å². The number of nitrogens with zero attached hydrogens (tertiary/aromatic N) is 3. The summed E-state index contributed by atoms with van der Waals surface area (Å²) in [6.45, 7) is 0.454. The lowest BCUT2D eigenvalue weighted by molar-refractivity contribution is -0.139. The second kappa shape index (κ2) is 10.8. The van der Waals surface area contributed by atoms with Crippen LogP contribution >= 0.6 is 0 Å². The maximum atomic E-state index is 13.8. The van der Waals surface area contributed by atoms with E-state index in [0.717, 1.165) is 24.6 Å². The average Bonchev–Trinajstić information content (AvgIpc) is 3.53. The molecule has 0 spiro atoms. The van der Waals surface area contributed by atoms with E-state index in [9.17, 15) is 26.3 Å². The minimum Gasteiger partial charge on any atom is -0.493 e. The van der Waals surface area contributed by atoms with Crippen LogP contribution in [0.4, 0.5) is 26.3 Å². The van der Waals surface area contributed by atoms with Crippen molar-refractivity contribution in [3.8, 4) is 17.1 Å². The predicted molar refractivity (Wildman–Crippen MR) is 126 cm³/mol. The van der Waals surface area contributed by atoms with E-state index in [1.54, 1.807) is 17.1 Å². The maximum Gasteiger partial charge on any atom is 0.419 e. The zero-order valence-electron chi connectivity index (χ0n) is 19.8. The number of rotatable bonds is 7. The van der Waals surface area contributed by atoms with Gasteiger partial charge in [-0.1, -0.05) is 29.4 Å². The number of benzene rings is 2. The third-order valence-electron chi connectivity index (χ3n) is 5.92. The molecular formula is C25H23F6N5O2. The average molecular weight is 539 g/mol. The molecule has 3 N–H and O–H groups in total. The first-order valence-electron chi connectivity index (χ1n) is 11.6. The van der Waals surface area contributed by atoms with Gasteiger partial charge < -0.3 is 19.9 Å². The van der Waals surface area contributed by atoms with Gasteiger partial charge in [-0.3, -0.25) is 5.41 Å². The summed E-state index contributed by atoms with van der Waals surface area (Å²) in [5.74, 6) is -0.401. The largest absolute Gasteiger partial charge is 0.493 e. The molecule has 1 aliphatic rings. The van der Waals surface area contributed by atoms with Crippen molar-refractivity contribution in [2.24, 2.45) is 5.73 Å². The van der Waals surface area contributed by atoms with Gasteiger partial charge in [0.15, 0.2) is 5.96 Å². The molecule has 1 aromatic heterocycles. The van der Waals surface area contributed by atoms with Gasteiger partial charge in [0.25, 0.3) is 0 Å². The van der Waals surface area contributed by atoms with Crippen LogP contribution in [0.2, 0.25) is 0 Å². The summed E-state index contributed by atoms with van der Waals surface area (Å²) in [6, 6.07) is 7.52. The molecule has 2 aromatic carbocycles. The van der Waals surface area contributed by atoms with Crippen molar-refractivity contribution in [2.75, 3.05) is 13.2 Å². The van der Waals surface area contributed by atoms with Crippen LogP contribution in [0.3, 0.4) is 0 Å². The van der Waals surface area contributed by atoms with Gasteiger partial charge in [0.1, 0.15) is 11.8 Å². The lowest BCUT2D eigenvalue weighted by Crippen LogP contribution is -2.35. The van der Waals surface area contributed by atoms with Gasteiger partial charge in [-0.05, 0) is 55.2 Å². The van der Waals surface area contributed by atoms with E-state index in [-0.39, 0.29) is 42.0 Å². The molecule has 1 aliphatic heterocycles.